The second kappa shape index (κ2) is 7.89. The van der Waals surface area contributed by atoms with Crippen molar-refractivity contribution in [3.05, 3.63) is 35.7 Å². The van der Waals surface area contributed by atoms with Gasteiger partial charge in [-0.2, -0.15) is 4.98 Å². The van der Waals surface area contributed by atoms with Crippen molar-refractivity contribution in [2.75, 3.05) is 20.3 Å². The van der Waals surface area contributed by atoms with Crippen molar-refractivity contribution in [1.82, 2.24) is 15.5 Å². The zero-order chi connectivity index (χ0) is 12.8. The van der Waals surface area contributed by atoms with Crippen LogP contribution in [0.15, 0.2) is 28.8 Å². The molecule has 104 valence electrons. The summed E-state index contributed by atoms with van der Waals surface area (Å²) in [6.07, 6.45) is 0. The third-order valence-electron chi connectivity index (χ3n) is 2.54. The molecule has 0 radical (unpaired) electrons. The number of halogens is 1. The summed E-state index contributed by atoms with van der Waals surface area (Å²) in [4.78, 5) is 4.33. The lowest BCUT2D eigenvalue weighted by Gasteiger charge is -1.98. The van der Waals surface area contributed by atoms with Crippen LogP contribution in [-0.4, -0.2) is 30.4 Å². The zero-order valence-corrected chi connectivity index (χ0v) is 11.9. The highest BCUT2D eigenvalue weighted by Crippen LogP contribution is 2.16. The summed E-state index contributed by atoms with van der Waals surface area (Å²) in [6.45, 7) is 4.03. The van der Waals surface area contributed by atoms with Crippen LogP contribution in [0.3, 0.4) is 0 Å². The molecule has 0 fully saturated rings. The molecular weight excluding hydrogens is 266 g/mol. The second-order valence-electron chi connectivity index (χ2n) is 4.05. The number of nitrogens with zero attached hydrogens (tertiary/aromatic N) is 2. The molecule has 1 aromatic carbocycles. The van der Waals surface area contributed by atoms with Crippen LogP contribution in [0, 0.1) is 6.92 Å². The average molecular weight is 284 g/mol. The van der Waals surface area contributed by atoms with Gasteiger partial charge < -0.3 is 14.6 Å². The smallest absolute Gasteiger partial charge is 0.240 e. The minimum atomic E-state index is 0. The molecule has 6 heteroatoms. The largest absolute Gasteiger partial charge is 0.383 e. The fourth-order valence-electron chi connectivity index (χ4n) is 1.52. The van der Waals surface area contributed by atoms with Crippen molar-refractivity contribution in [3.63, 3.8) is 0 Å². The summed E-state index contributed by atoms with van der Waals surface area (Å²) in [6, 6.07) is 8.04. The maximum absolute atomic E-state index is 5.17. The SMILES string of the molecule is COCCNCc1nc(-c2ccc(C)cc2)no1.Cl. The van der Waals surface area contributed by atoms with Gasteiger partial charge in [0, 0.05) is 19.2 Å². The Hall–Kier alpha value is -1.43. The first-order valence-corrected chi connectivity index (χ1v) is 5.89. The van der Waals surface area contributed by atoms with Gasteiger partial charge in [0.05, 0.1) is 13.2 Å². The second-order valence-corrected chi connectivity index (χ2v) is 4.05. The van der Waals surface area contributed by atoms with E-state index in [1.54, 1.807) is 7.11 Å². The van der Waals surface area contributed by atoms with E-state index in [0.717, 1.165) is 12.1 Å². The van der Waals surface area contributed by atoms with E-state index in [-0.39, 0.29) is 12.4 Å². The van der Waals surface area contributed by atoms with E-state index in [9.17, 15) is 0 Å². The van der Waals surface area contributed by atoms with E-state index in [1.807, 2.05) is 31.2 Å². The average Bonchev–Trinajstić information content (AvgIpc) is 2.84. The fourth-order valence-corrected chi connectivity index (χ4v) is 1.52. The number of aromatic nitrogens is 2. The third kappa shape index (κ3) is 4.63. The monoisotopic (exact) mass is 283 g/mol. The van der Waals surface area contributed by atoms with Crippen molar-refractivity contribution in [3.8, 4) is 11.4 Å². The van der Waals surface area contributed by atoms with Gasteiger partial charge >= 0.3 is 0 Å². The lowest BCUT2D eigenvalue weighted by molar-refractivity contribution is 0.197. The fraction of sp³-hybridized carbons (Fsp3) is 0.385. The molecule has 0 saturated heterocycles. The first-order valence-electron chi connectivity index (χ1n) is 5.89. The molecule has 0 unspecified atom stereocenters. The predicted octanol–water partition coefficient (Wildman–Crippen LogP) is 2.20. The summed E-state index contributed by atoms with van der Waals surface area (Å²) < 4.78 is 10.1. The van der Waals surface area contributed by atoms with Gasteiger partial charge in [-0.15, -0.1) is 12.4 Å². The van der Waals surface area contributed by atoms with Crippen LogP contribution >= 0.6 is 12.4 Å². The van der Waals surface area contributed by atoms with Crippen molar-refractivity contribution < 1.29 is 9.26 Å². The number of rotatable bonds is 6. The highest BCUT2D eigenvalue weighted by molar-refractivity contribution is 5.85. The number of methoxy groups -OCH3 is 1. The van der Waals surface area contributed by atoms with Crippen LogP contribution < -0.4 is 5.32 Å². The molecule has 2 rings (SSSR count). The molecule has 0 amide bonds. The Morgan fingerprint density at radius 1 is 1.26 bits per heavy atom. The van der Waals surface area contributed by atoms with Gasteiger partial charge in [-0.25, -0.2) is 0 Å². The van der Waals surface area contributed by atoms with Crippen LogP contribution in [0.25, 0.3) is 11.4 Å². The maximum atomic E-state index is 5.17. The molecule has 0 atom stereocenters. The van der Waals surface area contributed by atoms with E-state index >= 15 is 0 Å². The molecule has 0 aliphatic carbocycles. The van der Waals surface area contributed by atoms with Crippen molar-refractivity contribution >= 4 is 12.4 Å². The first kappa shape index (κ1) is 15.6. The minimum absolute atomic E-state index is 0. The van der Waals surface area contributed by atoms with Gasteiger partial charge in [0.25, 0.3) is 0 Å². The molecule has 0 aliphatic rings. The Bertz CT molecular complexity index is 485. The van der Waals surface area contributed by atoms with Gasteiger partial charge in [-0.05, 0) is 6.92 Å². The maximum Gasteiger partial charge on any atom is 0.240 e. The molecule has 1 aromatic heterocycles. The summed E-state index contributed by atoms with van der Waals surface area (Å²) in [5.74, 6) is 1.21. The van der Waals surface area contributed by atoms with Gasteiger partial charge in [0.1, 0.15) is 0 Å². The molecule has 0 aliphatic heterocycles. The standard InChI is InChI=1S/C13H17N3O2.ClH/c1-10-3-5-11(6-4-10)13-15-12(18-16-13)9-14-7-8-17-2;/h3-6,14H,7-9H2,1-2H3;1H. The Morgan fingerprint density at radius 3 is 2.68 bits per heavy atom. The van der Waals surface area contributed by atoms with Gasteiger partial charge in [0.15, 0.2) is 0 Å². The lowest BCUT2D eigenvalue weighted by atomic mass is 10.1. The summed E-state index contributed by atoms with van der Waals surface area (Å²) in [7, 11) is 1.67. The number of hydrogen-bond donors (Lipinski definition) is 1. The highest BCUT2D eigenvalue weighted by Gasteiger charge is 2.07. The third-order valence-corrected chi connectivity index (χ3v) is 2.54. The summed E-state index contributed by atoms with van der Waals surface area (Å²) >= 11 is 0. The topological polar surface area (TPSA) is 60.2 Å². The molecule has 2 aromatic rings. The predicted molar refractivity (Wildman–Crippen MR) is 75.3 cm³/mol. The Kier molecular flexibility index (Phi) is 6.49. The number of hydrogen-bond acceptors (Lipinski definition) is 5. The number of benzene rings is 1. The lowest BCUT2D eigenvalue weighted by Crippen LogP contribution is -2.18. The Morgan fingerprint density at radius 2 is 2.00 bits per heavy atom. The summed E-state index contributed by atoms with van der Waals surface area (Å²) in [5, 5.41) is 7.11. The normalized spacial score (nSPS) is 10.2. The molecule has 0 spiro atoms. The molecule has 0 bridgehead atoms. The highest BCUT2D eigenvalue weighted by atomic mass is 35.5. The molecule has 0 saturated carbocycles. The van der Waals surface area contributed by atoms with Crippen LogP contribution in [0.2, 0.25) is 0 Å². The number of aryl methyl sites for hydroxylation is 1. The van der Waals surface area contributed by atoms with Crippen molar-refractivity contribution in [2.45, 2.75) is 13.5 Å². The first-order chi connectivity index (χ1) is 8.79. The van der Waals surface area contributed by atoms with E-state index in [2.05, 4.69) is 15.5 Å². The van der Waals surface area contributed by atoms with E-state index in [0.29, 0.717) is 24.9 Å². The van der Waals surface area contributed by atoms with Gasteiger partial charge in [-0.1, -0.05) is 35.0 Å². The quantitative estimate of drug-likeness (QED) is 0.824. The van der Waals surface area contributed by atoms with E-state index < -0.39 is 0 Å². The minimum Gasteiger partial charge on any atom is -0.383 e. The number of ether oxygens (including phenoxy) is 1. The molecule has 19 heavy (non-hydrogen) atoms. The molecule has 5 nitrogen and oxygen atoms in total. The Labute approximate surface area is 118 Å². The van der Waals surface area contributed by atoms with Crippen molar-refractivity contribution in [1.29, 1.82) is 0 Å². The zero-order valence-electron chi connectivity index (χ0n) is 11.0. The van der Waals surface area contributed by atoms with Crippen LogP contribution in [-0.2, 0) is 11.3 Å². The Balaban J connectivity index is 0.00000180. The van der Waals surface area contributed by atoms with E-state index in [4.69, 9.17) is 9.26 Å². The van der Waals surface area contributed by atoms with Crippen LogP contribution in [0.4, 0.5) is 0 Å². The molecule has 1 N–H and O–H groups in total. The van der Waals surface area contributed by atoms with Crippen molar-refractivity contribution in [2.24, 2.45) is 0 Å². The van der Waals surface area contributed by atoms with E-state index in [1.165, 1.54) is 5.56 Å². The van der Waals surface area contributed by atoms with Crippen LogP contribution in [0.1, 0.15) is 11.5 Å². The van der Waals surface area contributed by atoms with Crippen LogP contribution in [0.5, 0.6) is 0 Å². The number of nitrogens with one attached hydrogen (secondary N) is 1. The van der Waals surface area contributed by atoms with Gasteiger partial charge in [-0.3, -0.25) is 0 Å². The van der Waals surface area contributed by atoms with Gasteiger partial charge in [0.2, 0.25) is 11.7 Å². The molecule has 1 heterocycles. The summed E-state index contributed by atoms with van der Waals surface area (Å²) in [5.41, 5.74) is 2.18. The molecular formula is C13H18ClN3O2.